The number of aromatic nitrogens is 5. The molecule has 0 aromatic carbocycles. The van der Waals surface area contributed by atoms with E-state index in [4.69, 9.17) is 12.2 Å². The number of thiocarbonyl (C=S) groups is 1. The lowest BCUT2D eigenvalue weighted by atomic mass is 9.97. The lowest BCUT2D eigenvalue weighted by molar-refractivity contribution is 0.222. The van der Waals surface area contributed by atoms with E-state index in [1.807, 2.05) is 34.7 Å². The number of pyridine rings is 1. The molecule has 0 unspecified atom stereocenters. The molecule has 2 N–H and O–H groups in total. The van der Waals surface area contributed by atoms with E-state index in [0.717, 1.165) is 22.6 Å². The Hall–Kier alpha value is -2.78. The predicted molar refractivity (Wildman–Crippen MR) is 104 cm³/mol. The Morgan fingerprint density at radius 2 is 2.00 bits per heavy atom. The van der Waals surface area contributed by atoms with E-state index in [2.05, 4.69) is 38.2 Å². The van der Waals surface area contributed by atoms with Crippen molar-refractivity contribution in [2.75, 3.05) is 13.2 Å². The zero-order valence-corrected chi connectivity index (χ0v) is 16.0. The van der Waals surface area contributed by atoms with Crippen LogP contribution in [-0.2, 0) is 0 Å². The van der Waals surface area contributed by atoms with Gasteiger partial charge in [-0.3, -0.25) is 9.66 Å². The van der Waals surface area contributed by atoms with Crippen LogP contribution in [0.2, 0.25) is 0 Å². The molecule has 0 aliphatic carbocycles. The maximum Gasteiger partial charge on any atom is 0.170 e. The Kier molecular flexibility index (Phi) is 4.63. The molecule has 0 bridgehead atoms. The van der Waals surface area contributed by atoms with Crippen LogP contribution in [-0.4, -0.2) is 52.8 Å². The number of aryl methyl sites for hydroxylation is 1. The van der Waals surface area contributed by atoms with Crippen LogP contribution in [0.3, 0.4) is 0 Å². The van der Waals surface area contributed by atoms with Crippen molar-refractivity contribution < 1.29 is 5.11 Å². The summed E-state index contributed by atoms with van der Waals surface area (Å²) in [5.41, 5.74) is 4.16. The lowest BCUT2D eigenvalue weighted by Crippen LogP contribution is -2.32. The number of nitrogens with one attached hydrogen (secondary N) is 1. The smallest absolute Gasteiger partial charge is 0.170 e. The van der Waals surface area contributed by atoms with Crippen molar-refractivity contribution in [2.24, 2.45) is 0 Å². The molecular formula is C18H21N7OS. The Labute approximate surface area is 162 Å². The van der Waals surface area contributed by atoms with Crippen molar-refractivity contribution in [1.29, 1.82) is 0 Å². The largest absolute Gasteiger partial charge is 0.395 e. The summed E-state index contributed by atoms with van der Waals surface area (Å²) in [6, 6.07) is 7.84. The van der Waals surface area contributed by atoms with Crippen LogP contribution in [0.1, 0.15) is 34.7 Å². The van der Waals surface area contributed by atoms with Gasteiger partial charge in [0.05, 0.1) is 24.4 Å². The Morgan fingerprint density at radius 1 is 1.22 bits per heavy atom. The minimum Gasteiger partial charge on any atom is -0.395 e. The van der Waals surface area contributed by atoms with Gasteiger partial charge in [0.25, 0.3) is 0 Å². The van der Waals surface area contributed by atoms with Crippen molar-refractivity contribution >= 4 is 17.3 Å². The molecule has 1 aliphatic rings. The number of rotatable bonds is 5. The van der Waals surface area contributed by atoms with E-state index in [9.17, 15) is 5.11 Å². The molecule has 4 rings (SSSR count). The molecular weight excluding hydrogens is 362 g/mol. The molecule has 2 atom stereocenters. The Bertz CT molecular complexity index is 938. The molecule has 1 aliphatic heterocycles. The van der Waals surface area contributed by atoms with Gasteiger partial charge in [0, 0.05) is 29.7 Å². The van der Waals surface area contributed by atoms with Crippen LogP contribution in [0.15, 0.2) is 43.1 Å². The molecule has 0 amide bonds. The van der Waals surface area contributed by atoms with Gasteiger partial charge < -0.3 is 15.3 Å². The Balaban J connectivity index is 1.83. The summed E-state index contributed by atoms with van der Waals surface area (Å²) in [6.45, 7) is 4.59. The summed E-state index contributed by atoms with van der Waals surface area (Å²) < 4.78 is 3.91. The summed E-state index contributed by atoms with van der Waals surface area (Å²) in [6.07, 6.45) is 5.12. The molecule has 8 nitrogen and oxygen atoms in total. The molecule has 1 fully saturated rings. The number of aliphatic hydroxyl groups is 1. The van der Waals surface area contributed by atoms with Gasteiger partial charge in [-0.1, -0.05) is 6.07 Å². The normalized spacial score (nSPS) is 19.5. The van der Waals surface area contributed by atoms with Crippen LogP contribution in [0, 0.1) is 13.8 Å². The first-order valence-corrected chi connectivity index (χ1v) is 9.15. The highest BCUT2D eigenvalue weighted by Gasteiger charge is 2.41. The third-order valence-electron chi connectivity index (χ3n) is 4.93. The lowest BCUT2D eigenvalue weighted by Gasteiger charge is -2.27. The summed E-state index contributed by atoms with van der Waals surface area (Å²) in [7, 11) is 0. The highest BCUT2D eigenvalue weighted by molar-refractivity contribution is 7.80. The van der Waals surface area contributed by atoms with Gasteiger partial charge in [-0.15, -0.1) is 10.2 Å². The number of β-amino-alcohol motifs (C(OH)–C–C–N with tert-alkyl or cyclic N) is 1. The van der Waals surface area contributed by atoms with Gasteiger partial charge in [0.1, 0.15) is 12.7 Å². The van der Waals surface area contributed by atoms with E-state index < -0.39 is 0 Å². The van der Waals surface area contributed by atoms with Crippen LogP contribution in [0.4, 0.5) is 0 Å². The molecule has 1 saturated heterocycles. The summed E-state index contributed by atoms with van der Waals surface area (Å²) >= 11 is 5.57. The second kappa shape index (κ2) is 7.09. The summed E-state index contributed by atoms with van der Waals surface area (Å²) in [4.78, 5) is 6.57. The number of hydrogen-bond acceptors (Lipinski definition) is 5. The van der Waals surface area contributed by atoms with Crippen molar-refractivity contribution in [3.63, 3.8) is 0 Å². The van der Waals surface area contributed by atoms with Gasteiger partial charge in [0.15, 0.2) is 5.11 Å². The summed E-state index contributed by atoms with van der Waals surface area (Å²) in [5, 5.41) is 21.4. The van der Waals surface area contributed by atoms with Crippen LogP contribution >= 0.6 is 12.2 Å². The van der Waals surface area contributed by atoms with Crippen molar-refractivity contribution in [1.82, 2.24) is 34.8 Å². The van der Waals surface area contributed by atoms with Crippen molar-refractivity contribution in [2.45, 2.75) is 25.9 Å². The van der Waals surface area contributed by atoms with Gasteiger partial charge in [-0.2, -0.15) is 0 Å². The topological polar surface area (TPSA) is 84.0 Å². The number of aliphatic hydroxyl groups excluding tert-OH is 1. The molecule has 9 heteroatoms. The van der Waals surface area contributed by atoms with Crippen molar-refractivity contribution in [3.8, 4) is 0 Å². The SMILES string of the molecule is Cc1cc([C@H]2[C@@H](c3ccccn3)NC(=S)N2CCO)c(C)n1-n1cnnc1. The maximum absolute atomic E-state index is 9.57. The van der Waals surface area contributed by atoms with Crippen LogP contribution in [0.5, 0.6) is 0 Å². The van der Waals surface area contributed by atoms with E-state index in [0.29, 0.717) is 11.7 Å². The van der Waals surface area contributed by atoms with E-state index in [1.165, 1.54) is 0 Å². The monoisotopic (exact) mass is 383 g/mol. The highest BCUT2D eigenvalue weighted by atomic mass is 32.1. The third kappa shape index (κ3) is 2.98. The Morgan fingerprint density at radius 3 is 2.67 bits per heavy atom. The molecule has 3 aromatic heterocycles. The second-order valence-electron chi connectivity index (χ2n) is 6.52. The predicted octanol–water partition coefficient (Wildman–Crippen LogP) is 1.37. The van der Waals surface area contributed by atoms with E-state index in [1.54, 1.807) is 18.9 Å². The first-order valence-electron chi connectivity index (χ1n) is 8.75. The average molecular weight is 383 g/mol. The van der Waals surface area contributed by atoms with E-state index >= 15 is 0 Å². The summed E-state index contributed by atoms with van der Waals surface area (Å²) in [5.74, 6) is 0. The quantitative estimate of drug-likeness (QED) is 0.644. The number of hydrogen-bond donors (Lipinski definition) is 2. The molecule has 140 valence electrons. The van der Waals surface area contributed by atoms with Gasteiger partial charge in [0.2, 0.25) is 0 Å². The zero-order chi connectivity index (χ0) is 19.0. The van der Waals surface area contributed by atoms with Crippen LogP contribution < -0.4 is 5.32 Å². The fourth-order valence-electron chi connectivity index (χ4n) is 3.82. The minimum absolute atomic E-state index is 0.0252. The first kappa shape index (κ1) is 17.6. The fraction of sp³-hybridized carbons (Fsp3) is 0.333. The molecule has 0 spiro atoms. The standard InChI is InChI=1S/C18H21N7OS/c1-12-9-14(13(2)25(12)23-10-20-21-11-23)17-16(15-5-3-4-6-19-15)22-18(27)24(17)7-8-26/h3-6,9-11,16-17,26H,7-8H2,1-2H3,(H,22,27)/t16-,17+/m1/s1. The van der Waals surface area contributed by atoms with Gasteiger partial charge in [-0.05, 0) is 44.3 Å². The van der Waals surface area contributed by atoms with Gasteiger partial charge >= 0.3 is 0 Å². The zero-order valence-electron chi connectivity index (χ0n) is 15.1. The molecule has 3 aromatic rings. The second-order valence-corrected chi connectivity index (χ2v) is 6.91. The molecule has 0 saturated carbocycles. The first-order chi connectivity index (χ1) is 13.1. The highest BCUT2D eigenvalue weighted by Crippen LogP contribution is 2.40. The molecule has 0 radical (unpaired) electrons. The fourth-order valence-corrected chi connectivity index (χ4v) is 4.16. The third-order valence-corrected chi connectivity index (χ3v) is 5.28. The molecule has 4 heterocycles. The van der Waals surface area contributed by atoms with Gasteiger partial charge in [-0.25, -0.2) is 4.68 Å². The minimum atomic E-state index is -0.0971. The maximum atomic E-state index is 9.57. The average Bonchev–Trinajstić information content (AvgIpc) is 3.36. The van der Waals surface area contributed by atoms with Crippen molar-refractivity contribution in [3.05, 3.63) is 65.8 Å². The number of nitrogens with zero attached hydrogens (tertiary/aromatic N) is 6. The van der Waals surface area contributed by atoms with E-state index in [-0.39, 0.29) is 18.7 Å². The molecule has 27 heavy (non-hydrogen) atoms. The van der Waals surface area contributed by atoms with Crippen LogP contribution in [0.25, 0.3) is 0 Å².